The van der Waals surface area contributed by atoms with Crippen molar-refractivity contribution in [2.45, 2.75) is 39.7 Å². The molecule has 2 aromatic carbocycles. The van der Waals surface area contributed by atoms with Gasteiger partial charge >= 0.3 is 0 Å². The third-order valence-corrected chi connectivity index (χ3v) is 5.45. The van der Waals surface area contributed by atoms with Crippen LogP contribution in [0.5, 0.6) is 5.88 Å². The zero-order chi connectivity index (χ0) is 20.6. The number of rotatable bonds is 4. The van der Waals surface area contributed by atoms with Crippen LogP contribution in [0.2, 0.25) is 0 Å². The highest BCUT2D eigenvalue weighted by atomic mass is 16.3. The lowest BCUT2D eigenvalue weighted by Crippen LogP contribution is -2.10. The van der Waals surface area contributed by atoms with Crippen LogP contribution in [-0.2, 0) is 12.0 Å². The van der Waals surface area contributed by atoms with Gasteiger partial charge in [-0.25, -0.2) is 0 Å². The lowest BCUT2D eigenvalue weighted by molar-refractivity contribution is 0.447. The predicted octanol–water partition coefficient (Wildman–Crippen LogP) is 5.95. The van der Waals surface area contributed by atoms with Crippen LogP contribution >= 0.6 is 0 Å². The van der Waals surface area contributed by atoms with Crippen LogP contribution in [0.25, 0.3) is 16.5 Å². The number of nitrogens with one attached hydrogen (secondary N) is 1. The van der Waals surface area contributed by atoms with E-state index in [-0.39, 0.29) is 11.3 Å². The Morgan fingerprint density at radius 1 is 0.966 bits per heavy atom. The first-order chi connectivity index (χ1) is 13.9. The van der Waals surface area contributed by atoms with Gasteiger partial charge in [0.25, 0.3) is 0 Å². The Kier molecular flexibility index (Phi) is 4.79. The number of benzene rings is 2. The van der Waals surface area contributed by atoms with Crippen LogP contribution < -0.4 is 5.32 Å². The minimum atomic E-state index is 0.0983. The van der Waals surface area contributed by atoms with E-state index in [0.29, 0.717) is 6.54 Å². The summed E-state index contributed by atoms with van der Waals surface area (Å²) in [5, 5.41) is 16.5. The fourth-order valence-electron chi connectivity index (χ4n) is 3.76. The maximum Gasteiger partial charge on any atom is 0.206 e. The number of pyridine rings is 1. The van der Waals surface area contributed by atoms with Gasteiger partial charge in [0.2, 0.25) is 5.88 Å². The van der Waals surface area contributed by atoms with Crippen molar-refractivity contribution in [2.75, 3.05) is 5.32 Å². The highest BCUT2D eigenvalue weighted by Crippen LogP contribution is 2.39. The van der Waals surface area contributed by atoms with Gasteiger partial charge in [0, 0.05) is 41.4 Å². The molecular formula is C25H27N3O. The van der Waals surface area contributed by atoms with Crippen molar-refractivity contribution in [3.63, 3.8) is 0 Å². The lowest BCUT2D eigenvalue weighted by atomic mass is 9.87. The van der Waals surface area contributed by atoms with Gasteiger partial charge in [-0.1, -0.05) is 45.0 Å². The van der Waals surface area contributed by atoms with Gasteiger partial charge in [0.1, 0.15) is 0 Å². The number of aromatic nitrogens is 2. The van der Waals surface area contributed by atoms with Crippen molar-refractivity contribution in [3.05, 3.63) is 83.8 Å². The zero-order valence-corrected chi connectivity index (χ0v) is 17.4. The number of hydrogen-bond acceptors (Lipinski definition) is 3. The van der Waals surface area contributed by atoms with Crippen LogP contribution in [-0.4, -0.2) is 14.7 Å². The van der Waals surface area contributed by atoms with Crippen molar-refractivity contribution in [3.8, 4) is 11.6 Å². The number of hydrogen-bond donors (Lipinski definition) is 2. The van der Waals surface area contributed by atoms with Crippen molar-refractivity contribution in [1.29, 1.82) is 0 Å². The van der Waals surface area contributed by atoms with Crippen molar-refractivity contribution in [1.82, 2.24) is 9.55 Å². The van der Waals surface area contributed by atoms with Gasteiger partial charge in [-0.3, -0.25) is 9.55 Å². The Morgan fingerprint density at radius 2 is 1.66 bits per heavy atom. The Balaban J connectivity index is 1.75. The monoisotopic (exact) mass is 385 g/mol. The number of nitrogens with zero attached hydrogens (tertiary/aromatic N) is 2. The second-order valence-electron chi connectivity index (χ2n) is 8.48. The molecule has 0 bridgehead atoms. The number of fused-ring (bicyclic) bond motifs is 1. The second kappa shape index (κ2) is 7.28. The maximum absolute atomic E-state index is 11.1. The van der Waals surface area contributed by atoms with E-state index >= 15 is 0 Å². The number of anilines is 1. The summed E-state index contributed by atoms with van der Waals surface area (Å²) < 4.78 is 1.93. The molecule has 0 amide bonds. The van der Waals surface area contributed by atoms with E-state index in [0.717, 1.165) is 33.4 Å². The van der Waals surface area contributed by atoms with E-state index in [1.54, 1.807) is 12.4 Å². The summed E-state index contributed by atoms with van der Waals surface area (Å²) in [6.45, 7) is 9.33. The van der Waals surface area contributed by atoms with E-state index in [9.17, 15) is 5.11 Å². The minimum absolute atomic E-state index is 0.0983. The Bertz CT molecular complexity index is 1140. The molecule has 0 unspecified atom stereocenters. The summed E-state index contributed by atoms with van der Waals surface area (Å²) in [5.41, 5.74) is 5.42. The smallest absolute Gasteiger partial charge is 0.206 e. The molecule has 148 valence electrons. The summed E-state index contributed by atoms with van der Waals surface area (Å²) in [7, 11) is 0. The van der Waals surface area contributed by atoms with Crippen LogP contribution in [0.4, 0.5) is 5.69 Å². The molecule has 0 aliphatic carbocycles. The van der Waals surface area contributed by atoms with E-state index in [2.05, 4.69) is 61.4 Å². The number of aryl methyl sites for hydroxylation is 1. The summed E-state index contributed by atoms with van der Waals surface area (Å²) in [4.78, 5) is 4.06. The first-order valence-corrected chi connectivity index (χ1v) is 9.93. The highest BCUT2D eigenvalue weighted by molar-refractivity contribution is 6.01. The third kappa shape index (κ3) is 3.58. The SMILES string of the molecule is Cc1c2cccc(NCc3ccncc3)c2c(O)n1-c1ccc(C(C)(C)C)cc1. The Labute approximate surface area is 171 Å². The first kappa shape index (κ1) is 19.1. The standard InChI is InChI=1S/C25H27N3O/c1-17-21-6-5-7-22(27-16-18-12-14-26-15-13-18)23(21)24(29)28(17)20-10-8-19(9-11-20)25(2,3)4/h5-15,27,29H,16H2,1-4H3. The fraction of sp³-hybridized carbons (Fsp3) is 0.240. The van der Waals surface area contributed by atoms with Crippen molar-refractivity contribution in [2.24, 2.45) is 0 Å². The second-order valence-corrected chi connectivity index (χ2v) is 8.48. The third-order valence-electron chi connectivity index (χ3n) is 5.45. The van der Waals surface area contributed by atoms with Crippen molar-refractivity contribution < 1.29 is 5.11 Å². The van der Waals surface area contributed by atoms with Gasteiger partial charge in [-0.05, 0) is 53.8 Å². The molecule has 0 atom stereocenters. The van der Waals surface area contributed by atoms with Crippen LogP contribution in [0.3, 0.4) is 0 Å². The van der Waals surface area contributed by atoms with Gasteiger partial charge in [0.05, 0.1) is 5.39 Å². The summed E-state index contributed by atoms with van der Waals surface area (Å²) in [6.07, 6.45) is 3.58. The molecule has 4 heteroatoms. The zero-order valence-electron chi connectivity index (χ0n) is 17.4. The molecule has 4 rings (SSSR count). The van der Waals surface area contributed by atoms with Crippen LogP contribution in [0.15, 0.2) is 67.0 Å². The van der Waals surface area contributed by atoms with E-state index in [1.165, 1.54) is 5.56 Å². The topological polar surface area (TPSA) is 50.1 Å². The molecule has 2 aromatic heterocycles. The van der Waals surface area contributed by atoms with E-state index in [4.69, 9.17) is 0 Å². The van der Waals surface area contributed by atoms with Crippen molar-refractivity contribution >= 4 is 16.5 Å². The quantitative estimate of drug-likeness (QED) is 0.456. The molecule has 0 aliphatic heterocycles. The highest BCUT2D eigenvalue weighted by Gasteiger charge is 2.19. The molecule has 0 aliphatic rings. The molecule has 4 nitrogen and oxygen atoms in total. The van der Waals surface area contributed by atoms with E-state index in [1.807, 2.05) is 35.8 Å². The summed E-state index contributed by atoms with van der Waals surface area (Å²) >= 11 is 0. The molecule has 29 heavy (non-hydrogen) atoms. The summed E-state index contributed by atoms with van der Waals surface area (Å²) in [6, 6.07) is 18.5. The normalized spacial score (nSPS) is 11.7. The molecular weight excluding hydrogens is 358 g/mol. The van der Waals surface area contributed by atoms with Gasteiger partial charge in [-0.2, -0.15) is 0 Å². The fourth-order valence-corrected chi connectivity index (χ4v) is 3.76. The average molecular weight is 386 g/mol. The maximum atomic E-state index is 11.1. The van der Waals surface area contributed by atoms with Crippen LogP contribution in [0.1, 0.15) is 37.6 Å². The molecule has 0 fully saturated rings. The Hall–Kier alpha value is -3.27. The molecule has 0 radical (unpaired) electrons. The lowest BCUT2D eigenvalue weighted by Gasteiger charge is -2.19. The predicted molar refractivity (Wildman–Crippen MR) is 120 cm³/mol. The molecule has 0 spiro atoms. The molecule has 0 saturated heterocycles. The van der Waals surface area contributed by atoms with Gasteiger partial charge in [-0.15, -0.1) is 0 Å². The Morgan fingerprint density at radius 3 is 2.31 bits per heavy atom. The molecule has 4 aromatic rings. The molecule has 2 N–H and O–H groups in total. The molecule has 2 heterocycles. The van der Waals surface area contributed by atoms with Crippen LogP contribution in [0, 0.1) is 6.92 Å². The van der Waals surface area contributed by atoms with Gasteiger partial charge in [0.15, 0.2) is 0 Å². The number of aromatic hydroxyl groups is 1. The largest absolute Gasteiger partial charge is 0.494 e. The average Bonchev–Trinajstić information content (AvgIpc) is 2.97. The minimum Gasteiger partial charge on any atom is -0.494 e. The van der Waals surface area contributed by atoms with Gasteiger partial charge < -0.3 is 10.4 Å². The summed E-state index contributed by atoms with van der Waals surface area (Å²) in [5.74, 6) is 0.263. The first-order valence-electron chi connectivity index (χ1n) is 9.93. The van der Waals surface area contributed by atoms with E-state index < -0.39 is 0 Å². The molecule has 0 saturated carbocycles.